The predicted molar refractivity (Wildman–Crippen MR) is 52.6 cm³/mol. The van der Waals surface area contributed by atoms with Crippen LogP contribution in [0.1, 0.15) is 5.82 Å². The zero-order valence-electron chi connectivity index (χ0n) is 7.57. The van der Waals surface area contributed by atoms with E-state index in [2.05, 4.69) is 15.5 Å². The molecular weight excluding hydrogens is 188 g/mol. The Morgan fingerprint density at radius 2 is 2.46 bits per heavy atom. The van der Waals surface area contributed by atoms with Gasteiger partial charge in [0.1, 0.15) is 12.2 Å². The van der Waals surface area contributed by atoms with E-state index in [1.54, 1.807) is 6.33 Å². The van der Waals surface area contributed by atoms with E-state index in [4.69, 9.17) is 11.6 Å². The number of halogens is 1. The molecule has 0 fully saturated rings. The van der Waals surface area contributed by atoms with Gasteiger partial charge in [0.2, 0.25) is 0 Å². The van der Waals surface area contributed by atoms with Crippen molar-refractivity contribution < 1.29 is 0 Å². The maximum absolute atomic E-state index is 5.46. The van der Waals surface area contributed by atoms with Crippen LogP contribution in [0.25, 0.3) is 0 Å². The van der Waals surface area contributed by atoms with E-state index >= 15 is 0 Å². The smallest absolute Gasteiger partial charge is 0.146 e. The summed E-state index contributed by atoms with van der Waals surface area (Å²) in [5, 5.41) is 10.9. The number of rotatable bonds is 5. The van der Waals surface area contributed by atoms with Gasteiger partial charge in [-0.15, -0.1) is 21.8 Å². The van der Waals surface area contributed by atoms with E-state index in [1.807, 2.05) is 23.8 Å². The second-order valence-corrected chi connectivity index (χ2v) is 2.92. The number of allylic oxidation sites excluding steroid dienone is 1. The zero-order valence-corrected chi connectivity index (χ0v) is 8.33. The molecule has 0 aromatic carbocycles. The molecule has 1 aromatic rings. The molecule has 1 heterocycles. The average Bonchev–Trinajstić information content (AvgIpc) is 2.52. The van der Waals surface area contributed by atoms with Gasteiger partial charge in [0.05, 0.1) is 6.54 Å². The molecule has 13 heavy (non-hydrogen) atoms. The van der Waals surface area contributed by atoms with Crippen LogP contribution in [0.3, 0.4) is 0 Å². The van der Waals surface area contributed by atoms with Gasteiger partial charge in [0.25, 0.3) is 0 Å². The van der Waals surface area contributed by atoms with Gasteiger partial charge in [-0.25, -0.2) is 0 Å². The number of nitrogens with zero attached hydrogens (tertiary/aromatic N) is 3. The van der Waals surface area contributed by atoms with Crippen molar-refractivity contribution >= 4 is 11.6 Å². The van der Waals surface area contributed by atoms with Gasteiger partial charge in [-0.3, -0.25) is 0 Å². The van der Waals surface area contributed by atoms with Gasteiger partial charge in [0, 0.05) is 19.5 Å². The molecule has 1 aromatic heterocycles. The van der Waals surface area contributed by atoms with Crippen LogP contribution in [0.4, 0.5) is 0 Å². The Labute approximate surface area is 82.6 Å². The van der Waals surface area contributed by atoms with Crippen molar-refractivity contribution in [1.82, 2.24) is 20.1 Å². The van der Waals surface area contributed by atoms with Gasteiger partial charge in [-0.2, -0.15) is 0 Å². The fourth-order valence-electron chi connectivity index (χ4n) is 0.881. The molecule has 72 valence electrons. The van der Waals surface area contributed by atoms with Crippen molar-refractivity contribution in [3.8, 4) is 0 Å². The van der Waals surface area contributed by atoms with Crippen LogP contribution in [0.2, 0.25) is 0 Å². The van der Waals surface area contributed by atoms with Gasteiger partial charge in [-0.05, 0) is 0 Å². The molecule has 0 atom stereocenters. The largest absolute Gasteiger partial charge is 0.320 e. The summed E-state index contributed by atoms with van der Waals surface area (Å²) in [6, 6.07) is 0. The van der Waals surface area contributed by atoms with Gasteiger partial charge < -0.3 is 9.88 Å². The van der Waals surface area contributed by atoms with E-state index in [1.165, 1.54) is 0 Å². The summed E-state index contributed by atoms with van der Waals surface area (Å²) >= 11 is 5.46. The third-order valence-corrected chi connectivity index (χ3v) is 1.78. The molecule has 0 aliphatic heterocycles. The van der Waals surface area contributed by atoms with Crippen LogP contribution in [0.5, 0.6) is 0 Å². The van der Waals surface area contributed by atoms with E-state index in [0.29, 0.717) is 5.88 Å². The lowest BCUT2D eigenvalue weighted by Crippen LogP contribution is -2.15. The van der Waals surface area contributed by atoms with Crippen molar-refractivity contribution in [3.63, 3.8) is 0 Å². The summed E-state index contributed by atoms with van der Waals surface area (Å²) in [5.41, 5.74) is 0. The Bertz CT molecular complexity index is 269. The molecule has 0 aliphatic carbocycles. The molecule has 4 nitrogen and oxygen atoms in total. The molecule has 0 spiro atoms. The molecule has 0 unspecified atom stereocenters. The van der Waals surface area contributed by atoms with Gasteiger partial charge >= 0.3 is 0 Å². The van der Waals surface area contributed by atoms with E-state index in [9.17, 15) is 0 Å². The molecule has 0 amide bonds. The van der Waals surface area contributed by atoms with Crippen LogP contribution >= 0.6 is 11.6 Å². The second-order valence-electron chi connectivity index (χ2n) is 2.61. The minimum Gasteiger partial charge on any atom is -0.320 e. The Hall–Kier alpha value is -0.870. The summed E-state index contributed by atoms with van der Waals surface area (Å²) in [5.74, 6) is 1.49. The van der Waals surface area contributed by atoms with Crippen molar-refractivity contribution in [2.45, 2.75) is 6.54 Å². The Balaban J connectivity index is 2.20. The Kier molecular flexibility index (Phi) is 4.49. The third kappa shape index (κ3) is 3.57. The molecular formula is C8H13ClN4. The third-order valence-electron chi connectivity index (χ3n) is 1.61. The maximum atomic E-state index is 5.46. The molecule has 5 heteroatoms. The lowest BCUT2D eigenvalue weighted by atomic mass is 10.5. The zero-order chi connectivity index (χ0) is 9.52. The molecule has 0 saturated heterocycles. The standard InChI is InChI=1S/C8H13ClN4/c1-13-7-11-12-8(13)6-10-5-3-2-4-9/h2-3,7,10H,4-6H2,1H3/b3-2+. The monoisotopic (exact) mass is 200 g/mol. The number of hydrogen-bond donors (Lipinski definition) is 1. The minimum atomic E-state index is 0.561. The van der Waals surface area contributed by atoms with E-state index in [-0.39, 0.29) is 0 Å². The van der Waals surface area contributed by atoms with Crippen molar-refractivity contribution in [2.24, 2.45) is 7.05 Å². The predicted octanol–water partition coefficient (Wildman–Crippen LogP) is 0.700. The second kappa shape index (κ2) is 5.72. The number of aromatic nitrogens is 3. The Morgan fingerprint density at radius 1 is 1.62 bits per heavy atom. The SMILES string of the molecule is Cn1cnnc1CNC/C=C/CCl. The van der Waals surface area contributed by atoms with Crippen LogP contribution in [-0.4, -0.2) is 27.2 Å². The first-order valence-electron chi connectivity index (χ1n) is 4.09. The van der Waals surface area contributed by atoms with Crippen molar-refractivity contribution in [1.29, 1.82) is 0 Å². The molecule has 1 rings (SSSR count). The average molecular weight is 201 g/mol. The normalized spacial score (nSPS) is 11.2. The van der Waals surface area contributed by atoms with Crippen molar-refractivity contribution in [2.75, 3.05) is 12.4 Å². The summed E-state index contributed by atoms with van der Waals surface area (Å²) in [6.07, 6.45) is 5.58. The van der Waals surface area contributed by atoms with E-state index in [0.717, 1.165) is 18.9 Å². The fraction of sp³-hybridized carbons (Fsp3) is 0.500. The lowest BCUT2D eigenvalue weighted by Gasteiger charge is -1.99. The van der Waals surface area contributed by atoms with Crippen LogP contribution < -0.4 is 5.32 Å². The lowest BCUT2D eigenvalue weighted by molar-refractivity contribution is 0.678. The van der Waals surface area contributed by atoms with Crippen LogP contribution in [0, 0.1) is 0 Å². The first-order chi connectivity index (χ1) is 6.34. The maximum Gasteiger partial charge on any atom is 0.146 e. The highest BCUT2D eigenvalue weighted by Gasteiger charge is 1.96. The van der Waals surface area contributed by atoms with Crippen LogP contribution in [-0.2, 0) is 13.6 Å². The fourth-order valence-corrected chi connectivity index (χ4v) is 1.01. The topological polar surface area (TPSA) is 42.7 Å². The summed E-state index contributed by atoms with van der Waals surface area (Å²) < 4.78 is 1.89. The molecule has 0 aliphatic rings. The number of aryl methyl sites for hydroxylation is 1. The molecule has 0 bridgehead atoms. The molecule has 0 saturated carbocycles. The first-order valence-corrected chi connectivity index (χ1v) is 4.62. The van der Waals surface area contributed by atoms with Gasteiger partial charge in [-0.1, -0.05) is 12.2 Å². The molecule has 1 N–H and O–H groups in total. The quantitative estimate of drug-likeness (QED) is 0.432. The highest BCUT2D eigenvalue weighted by atomic mass is 35.5. The summed E-state index contributed by atoms with van der Waals surface area (Å²) in [4.78, 5) is 0. The highest BCUT2D eigenvalue weighted by Crippen LogP contribution is 1.89. The minimum absolute atomic E-state index is 0.561. The Morgan fingerprint density at radius 3 is 3.08 bits per heavy atom. The molecule has 0 radical (unpaired) electrons. The number of alkyl halides is 1. The van der Waals surface area contributed by atoms with Crippen molar-refractivity contribution in [3.05, 3.63) is 24.3 Å². The first kappa shape index (κ1) is 10.2. The van der Waals surface area contributed by atoms with Crippen LogP contribution in [0.15, 0.2) is 18.5 Å². The van der Waals surface area contributed by atoms with E-state index < -0.39 is 0 Å². The summed E-state index contributed by atoms with van der Waals surface area (Å²) in [7, 11) is 1.92. The summed E-state index contributed by atoms with van der Waals surface area (Å²) in [6.45, 7) is 1.53. The van der Waals surface area contributed by atoms with Gasteiger partial charge in [0.15, 0.2) is 0 Å². The number of nitrogens with one attached hydrogen (secondary N) is 1. The highest BCUT2D eigenvalue weighted by molar-refractivity contribution is 6.18. The number of hydrogen-bond acceptors (Lipinski definition) is 3.